The summed E-state index contributed by atoms with van der Waals surface area (Å²) in [4.78, 5) is 16.5. The van der Waals surface area contributed by atoms with E-state index in [4.69, 9.17) is 5.73 Å². The Bertz CT molecular complexity index is 487. The maximum absolute atomic E-state index is 12.1. The number of nitrogens with one attached hydrogen (secondary N) is 1. The Hall–Kier alpha value is -1.59. The third-order valence-corrected chi connectivity index (χ3v) is 3.99. The lowest BCUT2D eigenvalue weighted by Crippen LogP contribution is -2.35. The molecule has 0 bridgehead atoms. The Labute approximate surface area is 120 Å². The Morgan fingerprint density at radius 1 is 1.50 bits per heavy atom. The van der Waals surface area contributed by atoms with Gasteiger partial charge in [-0.1, -0.05) is 6.07 Å². The molecule has 1 atom stereocenters. The summed E-state index contributed by atoms with van der Waals surface area (Å²) < 4.78 is 0. The van der Waals surface area contributed by atoms with Crippen molar-refractivity contribution in [2.24, 2.45) is 0 Å². The number of hydrogen-bond acceptors (Lipinski definition) is 4. The number of amides is 1. The monoisotopic (exact) mass is 276 g/mol. The van der Waals surface area contributed by atoms with Crippen LogP contribution < -0.4 is 11.1 Å². The van der Waals surface area contributed by atoms with Gasteiger partial charge in [-0.05, 0) is 45.1 Å². The summed E-state index contributed by atoms with van der Waals surface area (Å²) in [6.45, 7) is 4.30. The molecular formula is C15H24N4O. The van der Waals surface area contributed by atoms with Gasteiger partial charge in [-0.25, -0.2) is 0 Å². The zero-order chi connectivity index (χ0) is 14.7. The lowest BCUT2D eigenvalue weighted by atomic mass is 10.1. The van der Waals surface area contributed by atoms with Crippen LogP contribution in [0.2, 0.25) is 0 Å². The molecule has 0 aliphatic carbocycles. The number of carbonyl (C=O) groups excluding carboxylic acids is 1. The zero-order valence-electron chi connectivity index (χ0n) is 12.5. The van der Waals surface area contributed by atoms with E-state index in [1.807, 2.05) is 25.1 Å². The summed E-state index contributed by atoms with van der Waals surface area (Å²) in [7, 11) is 4.18. The predicted molar refractivity (Wildman–Crippen MR) is 82.8 cm³/mol. The van der Waals surface area contributed by atoms with Crippen LogP contribution in [-0.2, 0) is 4.79 Å². The highest BCUT2D eigenvalue weighted by Crippen LogP contribution is 2.20. The molecule has 1 amide bonds. The van der Waals surface area contributed by atoms with Gasteiger partial charge >= 0.3 is 0 Å². The summed E-state index contributed by atoms with van der Waals surface area (Å²) in [6.07, 6.45) is 1.12. The van der Waals surface area contributed by atoms with E-state index in [0.29, 0.717) is 18.3 Å². The highest BCUT2D eigenvalue weighted by molar-refractivity contribution is 5.93. The fourth-order valence-electron chi connectivity index (χ4n) is 2.56. The van der Waals surface area contributed by atoms with Gasteiger partial charge in [0.25, 0.3) is 0 Å². The second kappa shape index (κ2) is 6.24. The number of rotatable bonds is 4. The maximum atomic E-state index is 12.1. The highest BCUT2D eigenvalue weighted by Gasteiger charge is 2.25. The van der Waals surface area contributed by atoms with Crippen molar-refractivity contribution in [3.63, 3.8) is 0 Å². The molecule has 1 aromatic carbocycles. The summed E-state index contributed by atoms with van der Waals surface area (Å²) >= 11 is 0. The number of carbonyl (C=O) groups is 1. The molecule has 1 aliphatic rings. The number of nitrogens with zero attached hydrogens (tertiary/aromatic N) is 2. The van der Waals surface area contributed by atoms with Gasteiger partial charge in [-0.15, -0.1) is 0 Å². The van der Waals surface area contributed by atoms with Crippen LogP contribution in [0.4, 0.5) is 11.4 Å². The Morgan fingerprint density at radius 2 is 2.25 bits per heavy atom. The lowest BCUT2D eigenvalue weighted by molar-refractivity contribution is -0.117. The van der Waals surface area contributed by atoms with Crippen molar-refractivity contribution in [2.75, 3.05) is 44.8 Å². The number of likely N-dealkylation sites (N-methyl/N-ethyl adjacent to an activating group) is 1. The van der Waals surface area contributed by atoms with Gasteiger partial charge in [0.2, 0.25) is 5.91 Å². The molecule has 1 heterocycles. The van der Waals surface area contributed by atoms with Crippen molar-refractivity contribution in [1.29, 1.82) is 0 Å². The molecule has 20 heavy (non-hydrogen) atoms. The van der Waals surface area contributed by atoms with Gasteiger partial charge in [0.1, 0.15) is 0 Å². The second-order valence-corrected chi connectivity index (χ2v) is 5.71. The number of nitrogens with two attached hydrogens (primary N) is 1. The minimum atomic E-state index is 0.0260. The van der Waals surface area contributed by atoms with Crippen LogP contribution >= 0.6 is 0 Å². The van der Waals surface area contributed by atoms with Crippen molar-refractivity contribution in [3.8, 4) is 0 Å². The molecule has 3 N–H and O–H groups in total. The van der Waals surface area contributed by atoms with Gasteiger partial charge in [0, 0.05) is 30.5 Å². The SMILES string of the molecule is Cc1c(N)cccc1NC(=O)CN1CCC(N(C)C)C1. The minimum absolute atomic E-state index is 0.0260. The molecule has 5 heteroatoms. The summed E-state index contributed by atoms with van der Waals surface area (Å²) in [5, 5.41) is 2.95. The summed E-state index contributed by atoms with van der Waals surface area (Å²) in [5.41, 5.74) is 8.28. The average molecular weight is 276 g/mol. The molecule has 1 fully saturated rings. The van der Waals surface area contributed by atoms with Gasteiger partial charge in [0.05, 0.1) is 6.54 Å². The van der Waals surface area contributed by atoms with Crippen LogP contribution in [0.25, 0.3) is 0 Å². The minimum Gasteiger partial charge on any atom is -0.398 e. The van der Waals surface area contributed by atoms with E-state index in [1.54, 1.807) is 0 Å². The first-order valence-corrected chi connectivity index (χ1v) is 7.01. The van der Waals surface area contributed by atoms with Gasteiger partial charge in [0.15, 0.2) is 0 Å². The number of likely N-dealkylation sites (tertiary alicyclic amines) is 1. The Balaban J connectivity index is 1.89. The van der Waals surface area contributed by atoms with E-state index in [0.717, 1.165) is 30.8 Å². The predicted octanol–water partition coefficient (Wildman–Crippen LogP) is 1.15. The standard InChI is InChI=1S/C15H24N4O/c1-11-13(16)5-4-6-14(11)17-15(20)10-19-8-7-12(9-19)18(2)3/h4-6,12H,7-10,16H2,1-3H3,(H,17,20). The third kappa shape index (κ3) is 3.49. The molecule has 1 aromatic rings. The summed E-state index contributed by atoms with van der Waals surface area (Å²) in [6, 6.07) is 6.14. The maximum Gasteiger partial charge on any atom is 0.238 e. The van der Waals surface area contributed by atoms with Crippen LogP contribution in [0.5, 0.6) is 0 Å². The first-order chi connectivity index (χ1) is 9.47. The Morgan fingerprint density at radius 3 is 2.90 bits per heavy atom. The van der Waals surface area contributed by atoms with Crippen LogP contribution in [-0.4, -0.2) is 55.5 Å². The van der Waals surface area contributed by atoms with Crippen molar-refractivity contribution in [3.05, 3.63) is 23.8 Å². The van der Waals surface area contributed by atoms with E-state index < -0.39 is 0 Å². The number of nitrogen functional groups attached to an aromatic ring is 1. The third-order valence-electron chi connectivity index (χ3n) is 3.99. The molecule has 0 radical (unpaired) electrons. The molecule has 5 nitrogen and oxygen atoms in total. The summed E-state index contributed by atoms with van der Waals surface area (Å²) in [5.74, 6) is 0.0260. The van der Waals surface area contributed by atoms with E-state index >= 15 is 0 Å². The average Bonchev–Trinajstić information content (AvgIpc) is 2.83. The molecular weight excluding hydrogens is 252 g/mol. The van der Waals surface area contributed by atoms with E-state index in [2.05, 4.69) is 29.2 Å². The quantitative estimate of drug-likeness (QED) is 0.810. The van der Waals surface area contributed by atoms with Crippen LogP contribution in [0.15, 0.2) is 18.2 Å². The van der Waals surface area contributed by atoms with Crippen LogP contribution in [0.1, 0.15) is 12.0 Å². The molecule has 1 unspecified atom stereocenters. The smallest absolute Gasteiger partial charge is 0.238 e. The number of anilines is 2. The Kier molecular flexibility index (Phi) is 4.62. The fourth-order valence-corrected chi connectivity index (χ4v) is 2.56. The van der Waals surface area contributed by atoms with Crippen LogP contribution in [0.3, 0.4) is 0 Å². The van der Waals surface area contributed by atoms with Crippen molar-refractivity contribution in [1.82, 2.24) is 9.80 Å². The number of benzene rings is 1. The van der Waals surface area contributed by atoms with Gasteiger partial charge < -0.3 is 16.0 Å². The fraction of sp³-hybridized carbons (Fsp3) is 0.533. The molecule has 0 aromatic heterocycles. The van der Waals surface area contributed by atoms with Crippen molar-refractivity contribution < 1.29 is 4.79 Å². The largest absolute Gasteiger partial charge is 0.398 e. The second-order valence-electron chi connectivity index (χ2n) is 5.71. The van der Waals surface area contributed by atoms with E-state index in [-0.39, 0.29) is 5.91 Å². The molecule has 0 saturated carbocycles. The number of hydrogen-bond donors (Lipinski definition) is 2. The zero-order valence-corrected chi connectivity index (χ0v) is 12.5. The normalized spacial score (nSPS) is 19.5. The van der Waals surface area contributed by atoms with Crippen molar-refractivity contribution in [2.45, 2.75) is 19.4 Å². The van der Waals surface area contributed by atoms with Gasteiger partial charge in [-0.3, -0.25) is 9.69 Å². The first kappa shape index (κ1) is 14.8. The topological polar surface area (TPSA) is 61.6 Å². The van der Waals surface area contributed by atoms with Crippen LogP contribution in [0, 0.1) is 6.92 Å². The van der Waals surface area contributed by atoms with E-state index in [9.17, 15) is 4.79 Å². The molecule has 1 saturated heterocycles. The molecule has 0 spiro atoms. The molecule has 1 aliphatic heterocycles. The lowest BCUT2D eigenvalue weighted by Gasteiger charge is -2.20. The van der Waals surface area contributed by atoms with Gasteiger partial charge in [-0.2, -0.15) is 0 Å². The molecule has 110 valence electrons. The highest BCUT2D eigenvalue weighted by atomic mass is 16.2. The van der Waals surface area contributed by atoms with E-state index in [1.165, 1.54) is 0 Å². The first-order valence-electron chi connectivity index (χ1n) is 7.01. The molecule has 2 rings (SSSR count). The van der Waals surface area contributed by atoms with Crippen molar-refractivity contribution >= 4 is 17.3 Å².